The van der Waals surface area contributed by atoms with Crippen LogP contribution >= 0.6 is 22.7 Å². The van der Waals surface area contributed by atoms with Crippen molar-refractivity contribution in [2.75, 3.05) is 26.4 Å². The highest BCUT2D eigenvalue weighted by atomic mass is 32.1. The average Bonchev–Trinajstić information content (AvgIpc) is 1.54. The van der Waals surface area contributed by atoms with Crippen molar-refractivity contribution >= 4 is 69.8 Å². The standard InChI is InChI=1S/C31H48O3.C27H38F2O3.C27H34O3S.C26H31F3O3S/c1-8-10-12-13-14-19-34-31-28(24(5)6)21-27(23(3)4)22-29(31)26(17-11-9-2)18-15-16-25(7)20-30(32)33;1-9-26(5,6)20-15-21(19(4)13-11-12-18(3)14-24(30)31)25(32-17-23(28)29)22(16-20)27(7,8)10-2;1-4-14-30-27-23(21-9-7-6-8-10-21)17-20(5-2)18-24(27)22-13-15-31-25(22)12-11-19(3)16-26(28)29;1-6-18-15-20(19-10-13-33-22(19)9-8-17(2)14-23(30)31)24(21(16-18)25(3,4)5)32-12-7-11-26(27,28)29/h15-16,18,20-24H,8-14,17,19H2,1-7H3,(H,32,33);11-16,23H,9-10,17H2,1-8H3,(H,30,31);11-13,15-18,21H,4-10,14H2,1-3H3,(H,28,29);8-10,13-16H,6-7,11-12H2,1-5H3,(H,30,31)/b16-15+,25-20+,26-18-;12-11+,18-14+,19-13-;12-11+,19-16+;9-8+,17-14+. The first-order valence-electron chi connectivity index (χ1n) is 46.8. The highest BCUT2D eigenvalue weighted by molar-refractivity contribution is 7.11. The molecule has 2 heterocycles. The number of halogens is 5. The molecule has 2 aromatic heterocycles. The van der Waals surface area contributed by atoms with Crippen LogP contribution in [0.2, 0.25) is 0 Å². The van der Waals surface area contributed by atoms with Crippen LogP contribution in [0.5, 0.6) is 23.0 Å². The topological polar surface area (TPSA) is 186 Å². The van der Waals surface area contributed by atoms with E-state index in [-0.39, 0.29) is 29.3 Å². The third-order valence-corrected chi connectivity index (χ3v) is 25.0. The number of aryl methyl sites for hydroxylation is 2. The molecule has 1 aliphatic rings. The van der Waals surface area contributed by atoms with Gasteiger partial charge in [-0.15, -0.1) is 22.7 Å². The molecule has 0 amide bonds. The number of unbranched alkanes of at least 4 members (excludes halogenated alkanes) is 5. The van der Waals surface area contributed by atoms with Crippen LogP contribution in [-0.4, -0.2) is 83.3 Å². The molecule has 0 atom stereocenters. The van der Waals surface area contributed by atoms with Crippen LogP contribution in [0.25, 0.3) is 45.6 Å². The molecule has 0 radical (unpaired) electrons. The van der Waals surface area contributed by atoms with E-state index in [1.807, 2.05) is 80.8 Å². The number of hydrogen-bond donors (Lipinski definition) is 4. The van der Waals surface area contributed by atoms with Gasteiger partial charge in [0.1, 0.15) is 29.6 Å². The maximum atomic E-state index is 13.1. The molecule has 0 unspecified atom stereocenters. The Hall–Kier alpha value is -9.59. The number of thiophene rings is 2. The molecule has 19 heteroatoms. The summed E-state index contributed by atoms with van der Waals surface area (Å²) in [4.78, 5) is 45.7. The van der Waals surface area contributed by atoms with E-state index in [1.165, 1.54) is 126 Å². The molecule has 0 aliphatic heterocycles. The maximum Gasteiger partial charge on any atom is 0.389 e. The predicted octanol–water partition coefficient (Wildman–Crippen LogP) is 33.0. The minimum atomic E-state index is -4.21. The molecule has 12 nitrogen and oxygen atoms in total. The van der Waals surface area contributed by atoms with Gasteiger partial charge in [-0.3, -0.25) is 0 Å². The van der Waals surface area contributed by atoms with Crippen LogP contribution in [0.3, 0.4) is 0 Å². The number of alkyl halides is 5. The van der Waals surface area contributed by atoms with Crippen molar-refractivity contribution in [1.82, 2.24) is 0 Å². The van der Waals surface area contributed by atoms with Crippen molar-refractivity contribution < 1.29 is 80.5 Å². The molecule has 1 aliphatic carbocycles. The molecule has 4 aromatic carbocycles. The third-order valence-electron chi connectivity index (χ3n) is 23.2. The molecular formula is C111H151F5O12S2. The van der Waals surface area contributed by atoms with E-state index in [1.54, 1.807) is 43.4 Å². The molecule has 1 saturated carbocycles. The zero-order valence-electron chi connectivity index (χ0n) is 82.1. The maximum absolute atomic E-state index is 13.1. The SMILES string of the molecule is CCC(C)(C)c1cc(\C(C)=C/C=C/C(C)=C/C(=O)O)c(OCC(F)F)c(C(C)(C)CC)c1.CCCCCCCOc1c(\C(=C/C=C/C(C)=C/C(=O)O)CCCC)cc(C(C)C)cc1C(C)C.CCCOc1c(-c2ccsc2/C=C/C(C)=C/C(=O)O)cc(CC)cc1C1CCCCC1.CCc1cc(-c2ccsc2/C=C/C(C)=C/C(=O)O)c(OCCCC(F)(F)F)c(C(C)(C)C)c1. The Morgan fingerprint density at radius 1 is 0.485 bits per heavy atom. The monoisotopic (exact) mass is 1840 g/mol. The van der Waals surface area contributed by atoms with Crippen molar-refractivity contribution in [2.45, 2.75) is 334 Å². The van der Waals surface area contributed by atoms with E-state index in [4.69, 9.17) is 39.4 Å². The summed E-state index contributed by atoms with van der Waals surface area (Å²) in [5.74, 6) is 0.707. The number of rotatable bonds is 45. The van der Waals surface area contributed by atoms with E-state index in [0.29, 0.717) is 47.0 Å². The largest absolute Gasteiger partial charge is 0.493 e. The second-order valence-electron chi connectivity index (χ2n) is 36.8. The summed E-state index contributed by atoms with van der Waals surface area (Å²) < 4.78 is 88.7. The van der Waals surface area contributed by atoms with Crippen molar-refractivity contribution in [1.29, 1.82) is 0 Å². The molecule has 7 rings (SSSR count). The Morgan fingerprint density at radius 2 is 0.977 bits per heavy atom. The molecular weight excluding hydrogens is 1680 g/mol. The van der Waals surface area contributed by atoms with Crippen LogP contribution in [0.15, 0.2) is 167 Å². The summed E-state index contributed by atoms with van der Waals surface area (Å²) >= 11 is 3.18. The van der Waals surface area contributed by atoms with Crippen molar-refractivity contribution in [3.05, 3.63) is 232 Å². The first-order valence-corrected chi connectivity index (χ1v) is 48.5. The highest BCUT2D eigenvalue weighted by Crippen LogP contribution is 2.49. The summed E-state index contributed by atoms with van der Waals surface area (Å²) in [5, 5.41) is 39.8. The summed E-state index contributed by atoms with van der Waals surface area (Å²) in [6.07, 6.45) is 36.0. The normalized spacial score (nSPS) is 13.8. The second-order valence-corrected chi connectivity index (χ2v) is 38.7. The van der Waals surface area contributed by atoms with Gasteiger partial charge in [-0.05, 0) is 265 Å². The molecule has 130 heavy (non-hydrogen) atoms. The lowest BCUT2D eigenvalue weighted by atomic mass is 9.74. The van der Waals surface area contributed by atoms with E-state index < -0.39 is 49.5 Å². The predicted molar refractivity (Wildman–Crippen MR) is 536 cm³/mol. The van der Waals surface area contributed by atoms with Crippen LogP contribution in [0, 0.1) is 0 Å². The highest BCUT2D eigenvalue weighted by Gasteiger charge is 2.33. The van der Waals surface area contributed by atoms with E-state index in [2.05, 4.69) is 179 Å². The Kier molecular flexibility index (Phi) is 48.8. The van der Waals surface area contributed by atoms with E-state index in [9.17, 15) is 41.1 Å². The van der Waals surface area contributed by atoms with Gasteiger partial charge in [-0.1, -0.05) is 249 Å². The number of ether oxygens (including phenoxy) is 4. The van der Waals surface area contributed by atoms with E-state index in [0.717, 1.165) is 153 Å². The van der Waals surface area contributed by atoms with Crippen LogP contribution < -0.4 is 18.9 Å². The summed E-state index contributed by atoms with van der Waals surface area (Å²) in [7, 11) is 0. The molecule has 0 bridgehead atoms. The van der Waals surface area contributed by atoms with Gasteiger partial charge in [0, 0.05) is 85.0 Å². The van der Waals surface area contributed by atoms with Crippen molar-refractivity contribution in [3.63, 3.8) is 0 Å². The lowest BCUT2D eigenvalue weighted by molar-refractivity contribution is -0.137. The fourth-order valence-electron chi connectivity index (χ4n) is 14.8. The number of carboxylic acids is 4. The second kappa shape index (κ2) is 56.3. The molecule has 6 aromatic rings. The van der Waals surface area contributed by atoms with Gasteiger partial charge in [0.25, 0.3) is 6.43 Å². The summed E-state index contributed by atoms with van der Waals surface area (Å²) in [6, 6.07) is 21.7. The number of benzene rings is 4. The van der Waals surface area contributed by atoms with Gasteiger partial charge in [0.15, 0.2) is 0 Å². The smallest absolute Gasteiger partial charge is 0.389 e. The number of carbonyl (C=O) groups is 4. The number of allylic oxidation sites excluding steroid dienone is 14. The lowest BCUT2D eigenvalue weighted by Gasteiger charge is -2.32. The number of aliphatic carboxylic acids is 4. The fraction of sp³-hybridized carbons (Fsp3) is 0.495. The minimum absolute atomic E-state index is 0.0309. The summed E-state index contributed by atoms with van der Waals surface area (Å²) in [5.41, 5.74) is 19.7. The van der Waals surface area contributed by atoms with Gasteiger partial charge in [-0.2, -0.15) is 13.2 Å². The first-order chi connectivity index (χ1) is 61.3. The Morgan fingerprint density at radius 3 is 1.45 bits per heavy atom. The molecule has 4 N–H and O–H groups in total. The van der Waals surface area contributed by atoms with Gasteiger partial charge >= 0.3 is 30.1 Å². The van der Waals surface area contributed by atoms with Gasteiger partial charge in [-0.25, -0.2) is 28.0 Å². The van der Waals surface area contributed by atoms with Crippen molar-refractivity contribution in [3.8, 4) is 45.3 Å². The Bertz CT molecular complexity index is 4930. The number of hydrogen-bond acceptors (Lipinski definition) is 10. The molecule has 714 valence electrons. The van der Waals surface area contributed by atoms with Crippen molar-refractivity contribution in [2.24, 2.45) is 0 Å². The van der Waals surface area contributed by atoms with Crippen LogP contribution in [-0.2, 0) is 48.3 Å². The minimum Gasteiger partial charge on any atom is -0.493 e. The molecule has 0 spiro atoms. The number of carboxylic acid groups (broad SMARTS) is 4. The average molecular weight is 1840 g/mol. The van der Waals surface area contributed by atoms with Gasteiger partial charge in [0.2, 0.25) is 0 Å². The molecule has 0 saturated heterocycles. The third kappa shape index (κ3) is 38.7. The summed E-state index contributed by atoms with van der Waals surface area (Å²) in [6.45, 7) is 48.5. The van der Waals surface area contributed by atoms with Gasteiger partial charge in [0.05, 0.1) is 19.8 Å². The first kappa shape index (κ1) is 113. The molecule has 1 fully saturated rings. The van der Waals surface area contributed by atoms with Gasteiger partial charge < -0.3 is 39.4 Å². The quantitative estimate of drug-likeness (QED) is 0.0123. The van der Waals surface area contributed by atoms with Crippen LogP contribution in [0.4, 0.5) is 22.0 Å². The zero-order chi connectivity index (χ0) is 97.2. The van der Waals surface area contributed by atoms with Crippen LogP contribution in [0.1, 0.15) is 358 Å². The van der Waals surface area contributed by atoms with E-state index >= 15 is 0 Å². The lowest BCUT2D eigenvalue weighted by Crippen LogP contribution is -2.23. The Balaban J connectivity index is 0.000000363. The Labute approximate surface area is 783 Å². The zero-order valence-corrected chi connectivity index (χ0v) is 83.7. The fourth-order valence-corrected chi connectivity index (χ4v) is 16.4.